The van der Waals surface area contributed by atoms with Gasteiger partial charge in [-0.1, -0.05) is 22.9 Å². The van der Waals surface area contributed by atoms with Crippen LogP contribution in [0.4, 0.5) is 5.82 Å². The Morgan fingerprint density at radius 1 is 1.25 bits per heavy atom. The van der Waals surface area contributed by atoms with E-state index in [9.17, 15) is 9.59 Å². The lowest BCUT2D eigenvalue weighted by atomic mass is 10.2. The number of hydrogen-bond acceptors (Lipinski definition) is 6. The Morgan fingerprint density at radius 2 is 2.00 bits per heavy atom. The summed E-state index contributed by atoms with van der Waals surface area (Å²) in [4.78, 5) is 25.7. The number of nitrogens with zero attached hydrogens (tertiary/aromatic N) is 2. The van der Waals surface area contributed by atoms with Crippen LogP contribution in [0.15, 0.2) is 56.8 Å². The molecule has 0 aliphatic rings. The lowest BCUT2D eigenvalue weighted by molar-refractivity contribution is -0.116. The maximum Gasteiger partial charge on any atom is 0.245 e. The Balaban J connectivity index is 1.78. The van der Waals surface area contributed by atoms with E-state index in [2.05, 4.69) is 10.5 Å². The van der Waals surface area contributed by atoms with Crippen LogP contribution in [0.1, 0.15) is 17.0 Å². The molecule has 0 fully saturated rings. The summed E-state index contributed by atoms with van der Waals surface area (Å²) in [6.45, 7) is 3.80. The Labute approximate surface area is 166 Å². The molecule has 1 N–H and O–H groups in total. The number of carbonyl (C=O) groups is 1. The lowest BCUT2D eigenvalue weighted by Crippen LogP contribution is -2.22. The van der Waals surface area contributed by atoms with Crippen molar-refractivity contribution in [2.24, 2.45) is 0 Å². The summed E-state index contributed by atoms with van der Waals surface area (Å²) in [6, 6.07) is 11.3. The number of benzene rings is 1. The predicted octanol–water partition coefficient (Wildman–Crippen LogP) is 3.39. The van der Waals surface area contributed by atoms with Crippen LogP contribution < -0.4 is 15.5 Å². The van der Waals surface area contributed by atoms with Crippen molar-refractivity contribution in [3.05, 3.63) is 69.8 Å². The van der Waals surface area contributed by atoms with Gasteiger partial charge in [0.05, 0.1) is 13.3 Å². The van der Waals surface area contributed by atoms with Crippen LogP contribution in [0, 0.1) is 13.8 Å². The van der Waals surface area contributed by atoms with Gasteiger partial charge in [0.1, 0.15) is 12.3 Å². The number of aryl methyl sites for hydroxylation is 2. The molecular formula is C20H21N3O4S. The van der Waals surface area contributed by atoms with E-state index < -0.39 is 0 Å². The van der Waals surface area contributed by atoms with Crippen molar-refractivity contribution >= 4 is 23.5 Å². The third-order valence-electron chi connectivity index (χ3n) is 4.02. The fraction of sp³-hybridized carbons (Fsp3) is 0.250. The topological polar surface area (TPSA) is 86.4 Å². The molecule has 0 unspecified atom stereocenters. The maximum absolute atomic E-state index is 12.4. The molecule has 2 heterocycles. The number of pyridine rings is 1. The zero-order valence-corrected chi connectivity index (χ0v) is 16.7. The van der Waals surface area contributed by atoms with Crippen molar-refractivity contribution in [3.8, 4) is 5.75 Å². The minimum Gasteiger partial charge on any atom is -0.491 e. The number of anilines is 1. The highest BCUT2D eigenvalue weighted by Gasteiger charge is 2.12. The van der Waals surface area contributed by atoms with Gasteiger partial charge in [-0.3, -0.25) is 9.59 Å². The van der Waals surface area contributed by atoms with Crippen molar-refractivity contribution in [2.45, 2.75) is 31.0 Å². The van der Waals surface area contributed by atoms with E-state index in [1.807, 2.05) is 31.2 Å². The summed E-state index contributed by atoms with van der Waals surface area (Å²) in [5.74, 6) is 1.41. The van der Waals surface area contributed by atoms with E-state index in [1.165, 1.54) is 18.7 Å². The second kappa shape index (κ2) is 8.79. The molecule has 0 atom stereocenters. The smallest absolute Gasteiger partial charge is 0.245 e. The van der Waals surface area contributed by atoms with Crippen LogP contribution in [0.25, 0.3) is 0 Å². The van der Waals surface area contributed by atoms with Gasteiger partial charge in [0.2, 0.25) is 11.3 Å². The molecule has 0 saturated heterocycles. The van der Waals surface area contributed by atoms with Gasteiger partial charge in [-0.05, 0) is 26.0 Å². The van der Waals surface area contributed by atoms with E-state index in [4.69, 9.17) is 9.26 Å². The number of nitrogens with one attached hydrogen (secondary N) is 1. The average Bonchev–Trinajstić information content (AvgIpc) is 3.07. The van der Waals surface area contributed by atoms with E-state index in [1.54, 1.807) is 35.5 Å². The molecule has 3 rings (SSSR count). The first kappa shape index (κ1) is 19.8. The minimum atomic E-state index is -0.277. The van der Waals surface area contributed by atoms with Crippen LogP contribution in [-0.4, -0.2) is 22.7 Å². The number of carbonyl (C=O) groups excluding carboxylic acids is 1. The van der Waals surface area contributed by atoms with Crippen LogP contribution in [0.3, 0.4) is 0 Å². The normalized spacial score (nSPS) is 10.7. The quantitative estimate of drug-likeness (QED) is 0.613. The molecule has 0 aliphatic carbocycles. The molecule has 0 spiro atoms. The minimum absolute atomic E-state index is 0.0202. The van der Waals surface area contributed by atoms with Gasteiger partial charge in [-0.15, -0.1) is 11.8 Å². The maximum atomic E-state index is 12.4. The van der Waals surface area contributed by atoms with Crippen LogP contribution in [-0.2, 0) is 17.1 Å². The fourth-order valence-electron chi connectivity index (χ4n) is 2.57. The molecule has 28 heavy (non-hydrogen) atoms. The molecule has 3 aromatic rings. The monoisotopic (exact) mass is 399 g/mol. The van der Waals surface area contributed by atoms with E-state index in [0.29, 0.717) is 17.3 Å². The average molecular weight is 399 g/mol. The van der Waals surface area contributed by atoms with Gasteiger partial charge in [0.15, 0.2) is 11.6 Å². The van der Waals surface area contributed by atoms with Crippen molar-refractivity contribution in [1.29, 1.82) is 0 Å². The summed E-state index contributed by atoms with van der Waals surface area (Å²) in [6.07, 6.45) is 1.56. The molecule has 0 aliphatic heterocycles. The summed E-state index contributed by atoms with van der Waals surface area (Å²) >= 11 is 1.59. The molecular weight excluding hydrogens is 378 g/mol. The van der Waals surface area contributed by atoms with E-state index in [-0.39, 0.29) is 23.6 Å². The van der Waals surface area contributed by atoms with Crippen molar-refractivity contribution in [1.82, 2.24) is 9.72 Å². The largest absolute Gasteiger partial charge is 0.491 e. The highest BCUT2D eigenvalue weighted by atomic mass is 32.2. The Morgan fingerprint density at radius 3 is 2.64 bits per heavy atom. The Kier molecular flexibility index (Phi) is 6.20. The van der Waals surface area contributed by atoms with E-state index in [0.717, 1.165) is 10.6 Å². The first-order valence-corrected chi connectivity index (χ1v) is 9.63. The van der Waals surface area contributed by atoms with Crippen molar-refractivity contribution in [2.75, 3.05) is 12.4 Å². The second-order valence-electron chi connectivity index (χ2n) is 6.30. The Bertz CT molecular complexity index is 1020. The molecule has 146 valence electrons. The first-order valence-electron chi connectivity index (χ1n) is 8.64. The van der Waals surface area contributed by atoms with Crippen LogP contribution in [0.5, 0.6) is 5.75 Å². The standard InChI is InChI=1S/C20H21N3O4S/c1-13-4-6-16(7-5-13)28-12-15-9-17(24)18(26-3)10-23(15)11-20(25)21-19-8-14(2)27-22-19/h4-10H,11-12H2,1-3H3,(H,21,22,25). The fourth-order valence-corrected chi connectivity index (χ4v) is 3.46. The van der Waals surface area contributed by atoms with E-state index >= 15 is 0 Å². The lowest BCUT2D eigenvalue weighted by Gasteiger charge is -2.14. The number of aromatic nitrogens is 2. The highest BCUT2D eigenvalue weighted by molar-refractivity contribution is 7.98. The number of rotatable bonds is 7. The molecule has 0 bridgehead atoms. The third kappa shape index (κ3) is 5.04. The van der Waals surface area contributed by atoms with Crippen molar-refractivity contribution < 1.29 is 14.1 Å². The van der Waals surface area contributed by atoms with Gasteiger partial charge >= 0.3 is 0 Å². The molecule has 1 aromatic carbocycles. The molecule has 0 radical (unpaired) electrons. The SMILES string of the molecule is COc1cn(CC(=O)Nc2cc(C)on2)c(CSc2ccc(C)cc2)cc1=O. The number of methoxy groups -OCH3 is 1. The molecule has 7 nitrogen and oxygen atoms in total. The van der Waals surface area contributed by atoms with Gasteiger partial charge in [0.25, 0.3) is 0 Å². The number of ether oxygens (including phenoxy) is 1. The van der Waals surface area contributed by atoms with Crippen LogP contribution in [0.2, 0.25) is 0 Å². The third-order valence-corrected chi connectivity index (χ3v) is 5.07. The summed E-state index contributed by atoms with van der Waals surface area (Å²) in [5, 5.41) is 6.44. The van der Waals surface area contributed by atoms with Gasteiger partial charge < -0.3 is 19.1 Å². The summed E-state index contributed by atoms with van der Waals surface area (Å²) in [5.41, 5.74) is 1.69. The summed E-state index contributed by atoms with van der Waals surface area (Å²) < 4.78 is 11.8. The molecule has 8 heteroatoms. The highest BCUT2D eigenvalue weighted by Crippen LogP contribution is 2.23. The molecule has 0 saturated carbocycles. The zero-order chi connectivity index (χ0) is 20.1. The second-order valence-corrected chi connectivity index (χ2v) is 7.35. The zero-order valence-electron chi connectivity index (χ0n) is 15.9. The molecule has 2 aromatic heterocycles. The predicted molar refractivity (Wildman–Crippen MR) is 108 cm³/mol. The Hall–Kier alpha value is -3.00. The molecule has 1 amide bonds. The van der Waals surface area contributed by atoms with Gasteiger partial charge in [-0.2, -0.15) is 0 Å². The number of thioether (sulfide) groups is 1. The first-order chi connectivity index (χ1) is 13.4. The number of amides is 1. The summed E-state index contributed by atoms with van der Waals surface area (Å²) in [7, 11) is 1.43. The number of hydrogen-bond donors (Lipinski definition) is 1. The van der Waals surface area contributed by atoms with Gasteiger partial charge in [-0.25, -0.2) is 0 Å². The van der Waals surface area contributed by atoms with Crippen molar-refractivity contribution in [3.63, 3.8) is 0 Å². The van der Waals surface area contributed by atoms with Crippen LogP contribution >= 0.6 is 11.8 Å². The van der Waals surface area contributed by atoms with Gasteiger partial charge in [0, 0.05) is 28.5 Å².